The fourth-order valence-corrected chi connectivity index (χ4v) is 2.93. The van der Waals surface area contributed by atoms with Gasteiger partial charge in [0.05, 0.1) is 0 Å². The first-order chi connectivity index (χ1) is 14.2. The smallest absolute Gasteiger partial charge is 0.257 e. The summed E-state index contributed by atoms with van der Waals surface area (Å²) >= 11 is 5.25. The van der Waals surface area contributed by atoms with Crippen LogP contribution in [0.5, 0.6) is 0 Å². The Morgan fingerprint density at radius 1 is 1.00 bits per heavy atom. The van der Waals surface area contributed by atoms with E-state index in [9.17, 15) is 9.59 Å². The van der Waals surface area contributed by atoms with Crippen LogP contribution in [0.25, 0.3) is 0 Å². The number of hydrogen-bond acceptors (Lipinski definition) is 4. The van der Waals surface area contributed by atoms with Gasteiger partial charge in [0.25, 0.3) is 11.8 Å². The van der Waals surface area contributed by atoms with E-state index in [0.29, 0.717) is 30.0 Å². The van der Waals surface area contributed by atoms with E-state index in [2.05, 4.69) is 36.7 Å². The van der Waals surface area contributed by atoms with E-state index < -0.39 is 0 Å². The first-order valence-corrected chi connectivity index (χ1v) is 10.2. The number of nitrogens with one attached hydrogen (secondary N) is 3. The summed E-state index contributed by atoms with van der Waals surface area (Å²) in [7, 11) is 1.62. The molecule has 0 atom stereocenters. The predicted octanol–water partition coefficient (Wildman–Crippen LogP) is 3.88. The number of rotatable bonds is 7. The number of carbonyl (C=O) groups is 2. The van der Waals surface area contributed by atoms with E-state index in [1.165, 1.54) is 0 Å². The minimum Gasteiger partial charge on any atom is -0.385 e. The highest BCUT2D eigenvalue weighted by atomic mass is 32.1. The maximum atomic E-state index is 12.4. The Labute approximate surface area is 183 Å². The Bertz CT molecular complexity index is 889. The van der Waals surface area contributed by atoms with Crippen LogP contribution in [0, 0.1) is 0 Å². The lowest BCUT2D eigenvalue weighted by atomic mass is 9.87. The number of benzene rings is 2. The van der Waals surface area contributed by atoms with Crippen LogP contribution < -0.4 is 16.0 Å². The number of ether oxygens (including phenoxy) is 1. The van der Waals surface area contributed by atoms with Gasteiger partial charge in [-0.2, -0.15) is 0 Å². The normalized spacial score (nSPS) is 10.9. The molecule has 6 nitrogen and oxygen atoms in total. The van der Waals surface area contributed by atoms with Crippen molar-refractivity contribution in [1.82, 2.24) is 10.6 Å². The van der Waals surface area contributed by atoms with Crippen molar-refractivity contribution < 1.29 is 14.3 Å². The van der Waals surface area contributed by atoms with Crippen molar-refractivity contribution in [3.05, 3.63) is 65.2 Å². The minimum absolute atomic E-state index is 0.0208. The van der Waals surface area contributed by atoms with Gasteiger partial charge in [-0.25, -0.2) is 0 Å². The number of hydrogen-bond donors (Lipinski definition) is 3. The number of thiocarbonyl (C=S) groups is 1. The van der Waals surface area contributed by atoms with Crippen LogP contribution in [0.15, 0.2) is 48.5 Å². The highest BCUT2D eigenvalue weighted by Crippen LogP contribution is 2.22. The fourth-order valence-electron chi connectivity index (χ4n) is 2.72. The van der Waals surface area contributed by atoms with Gasteiger partial charge in [0.1, 0.15) is 0 Å². The van der Waals surface area contributed by atoms with Crippen molar-refractivity contribution in [3.8, 4) is 0 Å². The number of amides is 2. The Morgan fingerprint density at radius 2 is 1.70 bits per heavy atom. The van der Waals surface area contributed by atoms with Crippen LogP contribution in [0.3, 0.4) is 0 Å². The van der Waals surface area contributed by atoms with Gasteiger partial charge in [-0.15, -0.1) is 0 Å². The van der Waals surface area contributed by atoms with Crippen molar-refractivity contribution in [1.29, 1.82) is 0 Å². The molecule has 0 saturated heterocycles. The molecular formula is C23H29N3O3S. The van der Waals surface area contributed by atoms with Gasteiger partial charge in [0.2, 0.25) is 0 Å². The Morgan fingerprint density at radius 3 is 2.33 bits per heavy atom. The van der Waals surface area contributed by atoms with Gasteiger partial charge in [0.15, 0.2) is 5.11 Å². The third-order valence-corrected chi connectivity index (χ3v) is 4.64. The van der Waals surface area contributed by atoms with E-state index in [4.69, 9.17) is 17.0 Å². The number of methoxy groups -OCH3 is 1. The second-order valence-corrected chi connectivity index (χ2v) is 8.33. The van der Waals surface area contributed by atoms with Crippen molar-refractivity contribution >= 4 is 34.8 Å². The lowest BCUT2D eigenvalue weighted by Crippen LogP contribution is -2.34. The predicted molar refractivity (Wildman–Crippen MR) is 124 cm³/mol. The number of carbonyl (C=O) groups excluding carboxylic acids is 2. The molecule has 0 aromatic heterocycles. The van der Waals surface area contributed by atoms with Crippen molar-refractivity contribution in [2.45, 2.75) is 32.6 Å². The molecule has 7 heteroatoms. The summed E-state index contributed by atoms with van der Waals surface area (Å²) in [5.41, 5.74) is 2.82. The third kappa shape index (κ3) is 7.24. The maximum absolute atomic E-state index is 12.4. The molecule has 3 N–H and O–H groups in total. The molecule has 0 spiro atoms. The minimum atomic E-state index is -0.292. The van der Waals surface area contributed by atoms with Crippen LogP contribution in [0.2, 0.25) is 0 Å². The van der Waals surface area contributed by atoms with Crippen LogP contribution >= 0.6 is 12.2 Å². The molecule has 0 saturated carbocycles. The molecule has 0 bridgehead atoms. The molecule has 0 aliphatic rings. The molecule has 0 aliphatic carbocycles. The quantitative estimate of drug-likeness (QED) is 0.462. The van der Waals surface area contributed by atoms with Gasteiger partial charge in [-0.3, -0.25) is 14.9 Å². The summed E-state index contributed by atoms with van der Waals surface area (Å²) in [5, 5.41) is 8.61. The van der Waals surface area contributed by atoms with E-state index in [1.807, 2.05) is 12.1 Å². The lowest BCUT2D eigenvalue weighted by molar-refractivity contribution is 0.0946. The molecule has 0 unspecified atom stereocenters. The molecule has 160 valence electrons. The van der Waals surface area contributed by atoms with E-state index >= 15 is 0 Å². The highest BCUT2D eigenvalue weighted by Gasteiger charge is 2.15. The Kier molecular flexibility index (Phi) is 8.50. The zero-order valence-electron chi connectivity index (χ0n) is 17.9. The van der Waals surface area contributed by atoms with Gasteiger partial charge >= 0.3 is 0 Å². The molecule has 30 heavy (non-hydrogen) atoms. The van der Waals surface area contributed by atoms with Gasteiger partial charge in [-0.1, -0.05) is 39.0 Å². The lowest BCUT2D eigenvalue weighted by Gasteiger charge is -2.19. The van der Waals surface area contributed by atoms with Crippen LogP contribution in [-0.4, -0.2) is 37.2 Å². The summed E-state index contributed by atoms with van der Waals surface area (Å²) < 4.78 is 4.97. The largest absolute Gasteiger partial charge is 0.385 e. The standard InChI is InChI=1S/C23H29N3O3S/c1-23(2,3)18-11-9-16(10-12-18)21(28)26-22(30)25-19-8-5-7-17(15-19)20(27)24-13-6-14-29-4/h5,7-12,15H,6,13-14H2,1-4H3,(H,24,27)(H2,25,26,28,30). The average molecular weight is 428 g/mol. The second kappa shape index (κ2) is 10.8. The molecule has 0 radical (unpaired) electrons. The molecule has 0 fully saturated rings. The van der Waals surface area contributed by atoms with Crippen molar-refractivity contribution in [2.24, 2.45) is 0 Å². The molecule has 2 aromatic carbocycles. The number of anilines is 1. The van der Waals surface area contributed by atoms with E-state index in [1.54, 1.807) is 43.5 Å². The van der Waals surface area contributed by atoms with Crippen LogP contribution in [0.4, 0.5) is 5.69 Å². The molecule has 0 heterocycles. The van der Waals surface area contributed by atoms with E-state index in [-0.39, 0.29) is 22.3 Å². The van der Waals surface area contributed by atoms with Crippen molar-refractivity contribution in [3.63, 3.8) is 0 Å². The summed E-state index contributed by atoms with van der Waals surface area (Å²) in [6.45, 7) is 7.49. The summed E-state index contributed by atoms with van der Waals surface area (Å²) in [5.74, 6) is -0.469. The molecule has 2 amide bonds. The molecule has 2 rings (SSSR count). The summed E-state index contributed by atoms with van der Waals surface area (Å²) in [4.78, 5) is 24.7. The van der Waals surface area contributed by atoms with Crippen LogP contribution in [0.1, 0.15) is 53.5 Å². The molecule has 2 aromatic rings. The molecular weight excluding hydrogens is 398 g/mol. The molecule has 0 aliphatic heterocycles. The topological polar surface area (TPSA) is 79.5 Å². The maximum Gasteiger partial charge on any atom is 0.257 e. The zero-order valence-corrected chi connectivity index (χ0v) is 18.7. The third-order valence-electron chi connectivity index (χ3n) is 4.43. The Hall–Kier alpha value is -2.77. The SMILES string of the molecule is COCCCNC(=O)c1cccc(NC(=S)NC(=O)c2ccc(C(C)(C)C)cc2)c1. The van der Waals surface area contributed by atoms with Gasteiger partial charge in [-0.05, 0) is 59.9 Å². The second-order valence-electron chi connectivity index (χ2n) is 7.92. The first-order valence-electron chi connectivity index (χ1n) is 9.81. The van der Waals surface area contributed by atoms with Crippen molar-refractivity contribution in [2.75, 3.05) is 25.6 Å². The van der Waals surface area contributed by atoms with Crippen LogP contribution in [-0.2, 0) is 10.2 Å². The summed E-state index contributed by atoms with van der Waals surface area (Å²) in [6.07, 6.45) is 0.743. The van der Waals surface area contributed by atoms with E-state index in [0.717, 1.165) is 12.0 Å². The zero-order chi connectivity index (χ0) is 22.1. The summed E-state index contributed by atoms with van der Waals surface area (Å²) in [6, 6.07) is 14.4. The highest BCUT2D eigenvalue weighted by molar-refractivity contribution is 7.80. The monoisotopic (exact) mass is 427 g/mol. The average Bonchev–Trinajstić information content (AvgIpc) is 2.70. The van der Waals surface area contributed by atoms with Gasteiger partial charge in [0, 0.05) is 37.1 Å². The Balaban J connectivity index is 1.93. The van der Waals surface area contributed by atoms with Gasteiger partial charge < -0.3 is 15.4 Å². The fraction of sp³-hybridized carbons (Fsp3) is 0.348. The first kappa shape index (κ1) is 23.5.